The average Bonchev–Trinajstić information content (AvgIpc) is 2.35. The second-order valence-electron chi connectivity index (χ2n) is 5.73. The molecule has 0 aliphatic carbocycles. The number of hydrogen-bond acceptors (Lipinski definition) is 2. The van der Waals surface area contributed by atoms with Gasteiger partial charge in [-0.25, -0.2) is 4.39 Å². The Morgan fingerprint density at radius 3 is 2.47 bits per heavy atom. The van der Waals surface area contributed by atoms with E-state index in [1.165, 1.54) is 6.07 Å². The maximum atomic E-state index is 13.8. The lowest BCUT2D eigenvalue weighted by atomic mass is 9.84. The third-order valence-electron chi connectivity index (χ3n) is 3.51. The third kappa shape index (κ3) is 4.03. The summed E-state index contributed by atoms with van der Waals surface area (Å²) in [4.78, 5) is 11.9. The van der Waals surface area contributed by atoms with E-state index < -0.39 is 5.41 Å². The van der Waals surface area contributed by atoms with Crippen molar-refractivity contribution in [1.82, 2.24) is 5.32 Å². The number of carbonyl (C=O) groups excluding carboxylic acids is 1. The van der Waals surface area contributed by atoms with Gasteiger partial charge in [-0.3, -0.25) is 4.79 Å². The van der Waals surface area contributed by atoms with E-state index in [9.17, 15) is 9.18 Å². The number of nitrogens with one attached hydrogen (secondary N) is 1. The van der Waals surface area contributed by atoms with Crippen LogP contribution < -0.4 is 11.1 Å². The molecule has 1 rings (SSSR count). The van der Waals surface area contributed by atoms with Crippen molar-refractivity contribution >= 4 is 5.91 Å². The molecule has 1 amide bonds. The number of carbonyl (C=O) groups is 1. The first-order chi connectivity index (χ1) is 8.75. The molecule has 0 aliphatic heterocycles. The average molecular weight is 266 g/mol. The first-order valence-corrected chi connectivity index (χ1v) is 6.54. The van der Waals surface area contributed by atoms with Gasteiger partial charge in [0.1, 0.15) is 5.82 Å². The Kier molecular flexibility index (Phi) is 5.06. The highest BCUT2D eigenvalue weighted by atomic mass is 19.1. The Morgan fingerprint density at radius 1 is 1.37 bits per heavy atom. The van der Waals surface area contributed by atoms with Gasteiger partial charge in [0.25, 0.3) is 0 Å². The van der Waals surface area contributed by atoms with Crippen molar-refractivity contribution < 1.29 is 9.18 Å². The Hall–Kier alpha value is -1.42. The number of halogens is 1. The first kappa shape index (κ1) is 15.6. The topological polar surface area (TPSA) is 55.1 Å². The summed E-state index contributed by atoms with van der Waals surface area (Å²) in [5.41, 5.74) is 5.83. The van der Waals surface area contributed by atoms with E-state index in [0.717, 1.165) is 0 Å². The molecule has 0 radical (unpaired) electrons. The number of nitrogens with two attached hydrogens (primary N) is 1. The van der Waals surface area contributed by atoms with Gasteiger partial charge in [0.15, 0.2) is 0 Å². The highest BCUT2D eigenvalue weighted by Gasteiger charge is 2.26. The van der Waals surface area contributed by atoms with Crippen LogP contribution in [0, 0.1) is 11.7 Å². The maximum absolute atomic E-state index is 13.8. The normalized spacial score (nSPS) is 14.8. The zero-order valence-electron chi connectivity index (χ0n) is 12.0. The summed E-state index contributed by atoms with van der Waals surface area (Å²) in [5.74, 6) is -0.599. The van der Waals surface area contributed by atoms with Crippen molar-refractivity contribution in [2.75, 3.05) is 6.54 Å². The van der Waals surface area contributed by atoms with Crippen LogP contribution in [0.1, 0.15) is 33.3 Å². The minimum Gasteiger partial charge on any atom is -0.355 e. The summed E-state index contributed by atoms with van der Waals surface area (Å²) in [6.45, 7) is 7.77. The Balaban J connectivity index is 2.71. The first-order valence-electron chi connectivity index (χ1n) is 6.54. The van der Waals surface area contributed by atoms with E-state index in [1.807, 2.05) is 13.8 Å². The van der Waals surface area contributed by atoms with Crippen LogP contribution in [-0.2, 0) is 10.2 Å². The molecule has 3 nitrogen and oxygen atoms in total. The fourth-order valence-corrected chi connectivity index (χ4v) is 1.81. The van der Waals surface area contributed by atoms with Gasteiger partial charge >= 0.3 is 0 Å². The summed E-state index contributed by atoms with van der Waals surface area (Å²) >= 11 is 0. The van der Waals surface area contributed by atoms with Gasteiger partial charge in [-0.1, -0.05) is 39.0 Å². The van der Waals surface area contributed by atoms with Crippen molar-refractivity contribution in [2.45, 2.75) is 39.2 Å². The van der Waals surface area contributed by atoms with E-state index in [4.69, 9.17) is 5.73 Å². The summed E-state index contributed by atoms with van der Waals surface area (Å²) in [7, 11) is 0. The van der Waals surface area contributed by atoms with Gasteiger partial charge < -0.3 is 11.1 Å². The molecule has 0 aliphatic rings. The van der Waals surface area contributed by atoms with E-state index in [1.54, 1.807) is 32.0 Å². The molecule has 2 atom stereocenters. The van der Waals surface area contributed by atoms with Crippen molar-refractivity contribution in [3.63, 3.8) is 0 Å². The standard InChI is InChI=1S/C15H23FN2O/c1-10(11(2)17)14(19)18-9-15(3,4)12-7-5-6-8-13(12)16/h5-8,10-11H,9,17H2,1-4H3,(H,18,19). The minimum absolute atomic E-state index is 0.0978. The van der Waals surface area contributed by atoms with Crippen LogP contribution in [0.4, 0.5) is 4.39 Å². The molecule has 0 saturated carbocycles. The lowest BCUT2D eigenvalue weighted by molar-refractivity contribution is -0.125. The van der Waals surface area contributed by atoms with Gasteiger partial charge in [-0.2, -0.15) is 0 Å². The molecule has 106 valence electrons. The third-order valence-corrected chi connectivity index (χ3v) is 3.51. The van der Waals surface area contributed by atoms with Gasteiger partial charge in [-0.05, 0) is 18.6 Å². The minimum atomic E-state index is -0.460. The monoisotopic (exact) mass is 266 g/mol. The Morgan fingerprint density at radius 2 is 1.95 bits per heavy atom. The van der Waals surface area contributed by atoms with Gasteiger partial charge in [0, 0.05) is 23.9 Å². The van der Waals surface area contributed by atoms with E-state index in [0.29, 0.717) is 12.1 Å². The van der Waals surface area contributed by atoms with Crippen LogP contribution in [0.3, 0.4) is 0 Å². The zero-order valence-corrected chi connectivity index (χ0v) is 12.0. The molecule has 1 aromatic rings. The van der Waals surface area contributed by atoms with Gasteiger partial charge in [-0.15, -0.1) is 0 Å². The van der Waals surface area contributed by atoms with Crippen LogP contribution in [0.15, 0.2) is 24.3 Å². The Labute approximate surface area is 114 Å². The second kappa shape index (κ2) is 6.15. The molecule has 3 N–H and O–H groups in total. The predicted octanol–water partition coefficient (Wildman–Crippen LogP) is 2.20. The molecule has 0 spiro atoms. The highest BCUT2D eigenvalue weighted by molar-refractivity contribution is 5.79. The quantitative estimate of drug-likeness (QED) is 0.858. The van der Waals surface area contributed by atoms with E-state index in [2.05, 4.69) is 5.32 Å². The predicted molar refractivity (Wildman–Crippen MR) is 75.2 cm³/mol. The smallest absolute Gasteiger partial charge is 0.224 e. The molecule has 0 fully saturated rings. The summed E-state index contributed by atoms with van der Waals surface area (Å²) in [5, 5.41) is 2.84. The van der Waals surface area contributed by atoms with Crippen LogP contribution in [0.25, 0.3) is 0 Å². The molecular formula is C15H23FN2O. The summed E-state index contributed by atoms with van der Waals surface area (Å²) in [6, 6.07) is 6.44. The second-order valence-corrected chi connectivity index (χ2v) is 5.73. The van der Waals surface area contributed by atoms with Crippen LogP contribution in [0.2, 0.25) is 0 Å². The van der Waals surface area contributed by atoms with Gasteiger partial charge in [0.2, 0.25) is 5.91 Å². The molecule has 1 aromatic carbocycles. The lowest BCUT2D eigenvalue weighted by Gasteiger charge is -2.27. The molecule has 0 bridgehead atoms. The fourth-order valence-electron chi connectivity index (χ4n) is 1.81. The van der Waals surface area contributed by atoms with Crippen molar-refractivity contribution in [3.8, 4) is 0 Å². The van der Waals surface area contributed by atoms with E-state index in [-0.39, 0.29) is 23.7 Å². The number of amides is 1. The van der Waals surface area contributed by atoms with Gasteiger partial charge in [0.05, 0.1) is 0 Å². The van der Waals surface area contributed by atoms with Crippen LogP contribution in [0.5, 0.6) is 0 Å². The zero-order chi connectivity index (χ0) is 14.6. The maximum Gasteiger partial charge on any atom is 0.224 e. The summed E-state index contributed by atoms with van der Waals surface area (Å²) < 4.78 is 13.8. The largest absolute Gasteiger partial charge is 0.355 e. The molecular weight excluding hydrogens is 243 g/mol. The molecule has 0 aromatic heterocycles. The van der Waals surface area contributed by atoms with Crippen molar-refractivity contribution in [1.29, 1.82) is 0 Å². The molecule has 0 saturated heterocycles. The lowest BCUT2D eigenvalue weighted by Crippen LogP contribution is -2.43. The molecule has 0 heterocycles. The van der Waals surface area contributed by atoms with Crippen LogP contribution in [-0.4, -0.2) is 18.5 Å². The SMILES string of the molecule is CC(N)C(C)C(=O)NCC(C)(C)c1ccccc1F. The van der Waals surface area contributed by atoms with E-state index >= 15 is 0 Å². The fraction of sp³-hybridized carbons (Fsp3) is 0.533. The van der Waals surface area contributed by atoms with Crippen molar-refractivity contribution in [2.24, 2.45) is 11.7 Å². The highest BCUT2D eigenvalue weighted by Crippen LogP contribution is 2.24. The van der Waals surface area contributed by atoms with Crippen molar-refractivity contribution in [3.05, 3.63) is 35.6 Å². The number of rotatable bonds is 5. The molecule has 4 heteroatoms. The number of benzene rings is 1. The molecule has 2 unspecified atom stereocenters. The number of hydrogen-bond donors (Lipinski definition) is 2. The Bertz CT molecular complexity index is 444. The van der Waals surface area contributed by atoms with Crippen LogP contribution >= 0.6 is 0 Å². The molecule has 19 heavy (non-hydrogen) atoms. The summed E-state index contributed by atoms with van der Waals surface area (Å²) in [6.07, 6.45) is 0.